The van der Waals surface area contributed by atoms with Crippen LogP contribution in [0.2, 0.25) is 0 Å². The molecular formula is C15H24N4O3. The Balaban J connectivity index is 2.18. The summed E-state index contributed by atoms with van der Waals surface area (Å²) in [6.07, 6.45) is 2.93. The van der Waals surface area contributed by atoms with Gasteiger partial charge in [0.25, 0.3) is 5.69 Å². The van der Waals surface area contributed by atoms with Gasteiger partial charge in [-0.3, -0.25) is 15.1 Å². The fourth-order valence-electron chi connectivity index (χ4n) is 1.94. The van der Waals surface area contributed by atoms with E-state index in [0.29, 0.717) is 6.61 Å². The summed E-state index contributed by atoms with van der Waals surface area (Å²) < 4.78 is 4.96. The Morgan fingerprint density at radius 3 is 2.50 bits per heavy atom. The summed E-state index contributed by atoms with van der Waals surface area (Å²) in [6.45, 7) is 2.19. The molecule has 1 rings (SSSR count). The number of hydrogen-bond acceptors (Lipinski definition) is 4. The number of benzene rings is 1. The lowest BCUT2D eigenvalue weighted by Gasteiger charge is -2.11. The van der Waals surface area contributed by atoms with Crippen molar-refractivity contribution in [2.45, 2.75) is 19.3 Å². The number of methoxy groups -OCH3 is 1. The molecule has 0 bridgehead atoms. The maximum Gasteiger partial charge on any atom is 0.269 e. The van der Waals surface area contributed by atoms with Crippen molar-refractivity contribution in [1.82, 2.24) is 10.6 Å². The number of nitro benzene ring substituents is 1. The van der Waals surface area contributed by atoms with E-state index in [-0.39, 0.29) is 10.6 Å². The van der Waals surface area contributed by atoms with Gasteiger partial charge in [0.2, 0.25) is 0 Å². The number of aliphatic imine (C=N–C) groups is 1. The number of aryl methyl sites for hydroxylation is 1. The van der Waals surface area contributed by atoms with Crippen molar-refractivity contribution in [3.05, 3.63) is 39.9 Å². The largest absolute Gasteiger partial charge is 0.383 e. The monoisotopic (exact) mass is 308 g/mol. The highest BCUT2D eigenvalue weighted by atomic mass is 16.6. The number of unbranched alkanes of at least 4 members (excludes halogenated alkanes) is 1. The second kappa shape index (κ2) is 10.6. The minimum Gasteiger partial charge on any atom is -0.383 e. The first-order chi connectivity index (χ1) is 10.7. The molecular weight excluding hydrogens is 284 g/mol. The Labute approximate surface area is 130 Å². The zero-order valence-electron chi connectivity index (χ0n) is 13.2. The van der Waals surface area contributed by atoms with E-state index in [0.717, 1.165) is 43.9 Å². The zero-order valence-corrected chi connectivity index (χ0v) is 13.2. The van der Waals surface area contributed by atoms with Crippen LogP contribution in [-0.2, 0) is 11.2 Å². The quantitative estimate of drug-likeness (QED) is 0.238. The van der Waals surface area contributed by atoms with Crippen molar-refractivity contribution >= 4 is 11.6 Å². The summed E-state index contributed by atoms with van der Waals surface area (Å²) in [7, 11) is 3.40. The Bertz CT molecular complexity index is 474. The van der Waals surface area contributed by atoms with Gasteiger partial charge >= 0.3 is 0 Å². The van der Waals surface area contributed by atoms with Crippen LogP contribution in [0.1, 0.15) is 18.4 Å². The Morgan fingerprint density at radius 1 is 1.23 bits per heavy atom. The summed E-state index contributed by atoms with van der Waals surface area (Å²) >= 11 is 0. The molecule has 0 aromatic heterocycles. The molecule has 0 heterocycles. The number of rotatable bonds is 9. The van der Waals surface area contributed by atoms with Crippen LogP contribution in [0.3, 0.4) is 0 Å². The van der Waals surface area contributed by atoms with Crippen molar-refractivity contribution in [1.29, 1.82) is 0 Å². The van der Waals surface area contributed by atoms with Crippen LogP contribution < -0.4 is 10.6 Å². The summed E-state index contributed by atoms with van der Waals surface area (Å²) in [4.78, 5) is 14.3. The minimum atomic E-state index is -0.379. The summed E-state index contributed by atoms with van der Waals surface area (Å²) in [6, 6.07) is 6.73. The van der Waals surface area contributed by atoms with Crippen LogP contribution in [0, 0.1) is 10.1 Å². The predicted octanol–water partition coefficient (Wildman–Crippen LogP) is 1.73. The SMILES string of the molecule is CN=C(NCCCCc1ccc([N+](=O)[O-])cc1)NCCOC. The van der Waals surface area contributed by atoms with Crippen molar-refractivity contribution in [2.24, 2.45) is 4.99 Å². The number of nitro groups is 1. The van der Waals surface area contributed by atoms with Crippen molar-refractivity contribution in [2.75, 3.05) is 33.9 Å². The molecule has 0 saturated carbocycles. The van der Waals surface area contributed by atoms with Gasteiger partial charge in [-0.05, 0) is 24.8 Å². The highest BCUT2D eigenvalue weighted by Gasteiger charge is 2.03. The van der Waals surface area contributed by atoms with Crippen LogP contribution >= 0.6 is 0 Å². The standard InChI is InChI=1S/C15H24N4O3/c1-16-15(18-11-12-22-2)17-10-4-3-5-13-6-8-14(9-7-13)19(20)21/h6-9H,3-5,10-12H2,1-2H3,(H2,16,17,18). The van der Waals surface area contributed by atoms with Crippen LogP contribution in [0.4, 0.5) is 5.69 Å². The number of non-ortho nitro benzene ring substituents is 1. The fourth-order valence-corrected chi connectivity index (χ4v) is 1.94. The molecule has 0 unspecified atom stereocenters. The molecule has 0 saturated heterocycles. The van der Waals surface area contributed by atoms with E-state index < -0.39 is 0 Å². The van der Waals surface area contributed by atoms with Crippen molar-refractivity contribution < 1.29 is 9.66 Å². The molecule has 1 aromatic rings. The third kappa shape index (κ3) is 7.03. The van der Waals surface area contributed by atoms with E-state index in [4.69, 9.17) is 4.74 Å². The molecule has 0 amide bonds. The average molecular weight is 308 g/mol. The molecule has 2 N–H and O–H groups in total. The van der Waals surface area contributed by atoms with Crippen LogP contribution in [0.15, 0.2) is 29.3 Å². The number of guanidine groups is 1. The highest BCUT2D eigenvalue weighted by Crippen LogP contribution is 2.13. The minimum absolute atomic E-state index is 0.136. The van der Waals surface area contributed by atoms with Gasteiger partial charge in [-0.15, -0.1) is 0 Å². The Kier molecular flexibility index (Phi) is 8.59. The first kappa shape index (κ1) is 17.9. The first-order valence-electron chi connectivity index (χ1n) is 7.34. The predicted molar refractivity (Wildman–Crippen MR) is 87.3 cm³/mol. The summed E-state index contributed by atoms with van der Waals surface area (Å²) in [5.74, 6) is 0.771. The third-order valence-corrected chi connectivity index (χ3v) is 3.15. The number of ether oxygens (including phenoxy) is 1. The maximum atomic E-state index is 10.6. The highest BCUT2D eigenvalue weighted by molar-refractivity contribution is 5.79. The van der Waals surface area contributed by atoms with E-state index in [1.54, 1.807) is 26.3 Å². The lowest BCUT2D eigenvalue weighted by atomic mass is 10.1. The van der Waals surface area contributed by atoms with Gasteiger partial charge in [-0.25, -0.2) is 0 Å². The van der Waals surface area contributed by atoms with Gasteiger partial charge in [0, 0.05) is 39.4 Å². The zero-order chi connectivity index (χ0) is 16.2. The fraction of sp³-hybridized carbons (Fsp3) is 0.533. The van der Waals surface area contributed by atoms with Crippen LogP contribution in [0.25, 0.3) is 0 Å². The number of hydrogen-bond donors (Lipinski definition) is 2. The van der Waals surface area contributed by atoms with Gasteiger partial charge in [0.1, 0.15) is 0 Å². The lowest BCUT2D eigenvalue weighted by molar-refractivity contribution is -0.384. The first-order valence-corrected chi connectivity index (χ1v) is 7.34. The molecule has 0 aliphatic carbocycles. The lowest BCUT2D eigenvalue weighted by Crippen LogP contribution is -2.39. The Morgan fingerprint density at radius 2 is 1.91 bits per heavy atom. The molecule has 1 aromatic carbocycles. The average Bonchev–Trinajstić information content (AvgIpc) is 2.53. The van der Waals surface area contributed by atoms with Crippen molar-refractivity contribution in [3.63, 3.8) is 0 Å². The molecule has 7 heteroatoms. The molecule has 0 radical (unpaired) electrons. The van der Waals surface area contributed by atoms with Crippen LogP contribution in [0.5, 0.6) is 0 Å². The number of nitrogens with zero attached hydrogens (tertiary/aromatic N) is 2. The maximum absolute atomic E-state index is 10.6. The van der Waals surface area contributed by atoms with Gasteiger partial charge in [0.05, 0.1) is 11.5 Å². The molecule has 7 nitrogen and oxygen atoms in total. The molecule has 0 atom stereocenters. The molecule has 0 aliphatic heterocycles. The van der Waals surface area contributed by atoms with Gasteiger partial charge in [0.15, 0.2) is 5.96 Å². The van der Waals surface area contributed by atoms with E-state index >= 15 is 0 Å². The second-order valence-electron chi connectivity index (χ2n) is 4.80. The topological polar surface area (TPSA) is 88.8 Å². The molecule has 0 aliphatic rings. The second-order valence-corrected chi connectivity index (χ2v) is 4.80. The normalized spacial score (nSPS) is 11.3. The molecule has 122 valence electrons. The summed E-state index contributed by atoms with van der Waals surface area (Å²) in [5.41, 5.74) is 1.25. The molecule has 0 spiro atoms. The van der Waals surface area contributed by atoms with E-state index in [2.05, 4.69) is 15.6 Å². The van der Waals surface area contributed by atoms with E-state index in [1.807, 2.05) is 12.1 Å². The van der Waals surface area contributed by atoms with Gasteiger partial charge < -0.3 is 15.4 Å². The smallest absolute Gasteiger partial charge is 0.269 e. The van der Waals surface area contributed by atoms with E-state index in [1.165, 1.54) is 0 Å². The molecule has 0 fully saturated rings. The molecule has 22 heavy (non-hydrogen) atoms. The third-order valence-electron chi connectivity index (χ3n) is 3.15. The Hall–Kier alpha value is -2.15. The van der Waals surface area contributed by atoms with E-state index in [9.17, 15) is 10.1 Å². The van der Waals surface area contributed by atoms with Crippen LogP contribution in [-0.4, -0.2) is 44.7 Å². The van der Waals surface area contributed by atoms with Gasteiger partial charge in [-0.1, -0.05) is 12.1 Å². The van der Waals surface area contributed by atoms with Crippen molar-refractivity contribution in [3.8, 4) is 0 Å². The number of nitrogens with one attached hydrogen (secondary N) is 2. The summed E-state index contributed by atoms with van der Waals surface area (Å²) in [5, 5.41) is 16.9. The van der Waals surface area contributed by atoms with Gasteiger partial charge in [-0.2, -0.15) is 0 Å².